The Morgan fingerprint density at radius 1 is 1.44 bits per heavy atom. The van der Waals surface area contributed by atoms with Crippen molar-refractivity contribution in [2.24, 2.45) is 0 Å². The maximum Gasteiger partial charge on any atom is 0.326 e. The van der Waals surface area contributed by atoms with Gasteiger partial charge < -0.3 is 15.2 Å². The summed E-state index contributed by atoms with van der Waals surface area (Å²) in [5, 5.41) is 10.8. The molecule has 0 heterocycles. The fraction of sp³-hybridized carbons (Fsp3) is 0.750. The highest BCUT2D eigenvalue weighted by Gasteiger charge is 2.21. The molecule has 0 saturated heterocycles. The first-order valence-electron chi connectivity index (χ1n) is 4.45. The van der Waals surface area contributed by atoms with Crippen LogP contribution in [0.25, 0.3) is 0 Å². The smallest absolute Gasteiger partial charge is 0.326 e. The fourth-order valence-electron chi connectivity index (χ4n) is 0.967. The first-order chi connectivity index (χ1) is 7.26. The second kappa shape index (κ2) is 6.44. The molecule has 0 bridgehead atoms. The quantitative estimate of drug-likeness (QED) is 0.579. The highest BCUT2D eigenvalue weighted by Crippen LogP contribution is 1.94. The Morgan fingerprint density at radius 2 is 2.00 bits per heavy atom. The van der Waals surface area contributed by atoms with Crippen LogP contribution in [0.15, 0.2) is 0 Å². The number of carbonyl (C=O) groups excluding carboxylic acids is 1. The molecule has 0 aliphatic heterocycles. The van der Waals surface area contributed by atoms with Gasteiger partial charge in [-0.25, -0.2) is 13.2 Å². The van der Waals surface area contributed by atoms with Gasteiger partial charge >= 0.3 is 5.97 Å². The van der Waals surface area contributed by atoms with Crippen molar-refractivity contribution in [1.82, 2.24) is 5.32 Å². The van der Waals surface area contributed by atoms with Crippen LogP contribution in [0.2, 0.25) is 0 Å². The molecule has 0 aliphatic rings. The lowest BCUT2D eigenvalue weighted by Crippen LogP contribution is -2.43. The summed E-state index contributed by atoms with van der Waals surface area (Å²) in [6.07, 6.45) is 0.985. The third kappa shape index (κ3) is 7.18. The molecule has 0 saturated carbocycles. The molecule has 0 aliphatic carbocycles. The molecular weight excluding hydrogens is 238 g/mol. The monoisotopic (exact) mass is 253 g/mol. The van der Waals surface area contributed by atoms with Gasteiger partial charge in [0.05, 0.1) is 0 Å². The van der Waals surface area contributed by atoms with E-state index in [0.717, 1.165) is 6.26 Å². The topological polar surface area (TPSA) is 110 Å². The number of aliphatic carboxylic acids is 1. The predicted molar refractivity (Wildman–Crippen MR) is 55.8 cm³/mol. The van der Waals surface area contributed by atoms with Crippen LogP contribution in [-0.2, 0) is 24.2 Å². The second-order valence-corrected chi connectivity index (χ2v) is 5.45. The summed E-state index contributed by atoms with van der Waals surface area (Å²) in [5.74, 6) is -2.77. The third-order valence-electron chi connectivity index (χ3n) is 1.64. The number of hydrogen-bond acceptors (Lipinski definition) is 5. The molecule has 2 N–H and O–H groups in total. The zero-order chi connectivity index (χ0) is 12.8. The number of nitrogens with one attached hydrogen (secondary N) is 1. The number of sulfone groups is 1. The zero-order valence-electron chi connectivity index (χ0n) is 9.10. The Hall–Kier alpha value is -1.15. The van der Waals surface area contributed by atoms with Crippen molar-refractivity contribution in [3.05, 3.63) is 0 Å². The van der Waals surface area contributed by atoms with E-state index in [1.165, 1.54) is 7.11 Å². The molecule has 1 amide bonds. The van der Waals surface area contributed by atoms with Gasteiger partial charge in [-0.15, -0.1) is 0 Å². The molecule has 94 valence electrons. The largest absolute Gasteiger partial charge is 0.480 e. The average Bonchev–Trinajstić information content (AvgIpc) is 2.08. The van der Waals surface area contributed by atoms with Crippen molar-refractivity contribution in [1.29, 1.82) is 0 Å². The number of rotatable bonds is 7. The molecule has 0 fully saturated rings. The minimum absolute atomic E-state index is 0.0847. The Labute approximate surface area is 93.7 Å². The summed E-state index contributed by atoms with van der Waals surface area (Å²) in [6, 6.07) is -1.13. The standard InChI is InChI=1S/C8H15NO6S/c1-15-4-3-6(8(11)12)9-7(10)5-16(2,13)14/h6H,3-5H2,1-2H3,(H,9,10)(H,11,12). The lowest BCUT2D eigenvalue weighted by Gasteiger charge is -2.13. The van der Waals surface area contributed by atoms with Gasteiger partial charge in [-0.2, -0.15) is 0 Å². The molecular formula is C8H15NO6S. The molecule has 0 aromatic heterocycles. The summed E-state index contributed by atoms with van der Waals surface area (Å²) >= 11 is 0. The summed E-state index contributed by atoms with van der Waals surface area (Å²) in [7, 11) is -2.05. The van der Waals surface area contributed by atoms with Crippen molar-refractivity contribution in [2.75, 3.05) is 25.7 Å². The predicted octanol–water partition coefficient (Wildman–Crippen LogP) is -1.36. The molecule has 0 aromatic rings. The van der Waals surface area contributed by atoms with Crippen molar-refractivity contribution >= 4 is 21.7 Å². The number of carbonyl (C=O) groups is 2. The first-order valence-corrected chi connectivity index (χ1v) is 6.51. The highest BCUT2D eigenvalue weighted by molar-refractivity contribution is 7.91. The van der Waals surface area contributed by atoms with E-state index in [1.807, 2.05) is 0 Å². The lowest BCUT2D eigenvalue weighted by atomic mass is 10.2. The van der Waals surface area contributed by atoms with Crippen LogP contribution in [-0.4, -0.2) is 57.2 Å². The van der Waals surface area contributed by atoms with Crippen molar-refractivity contribution in [3.63, 3.8) is 0 Å². The third-order valence-corrected chi connectivity index (χ3v) is 2.42. The normalized spacial score (nSPS) is 13.1. The Kier molecular flexibility index (Phi) is 5.97. The second-order valence-electron chi connectivity index (χ2n) is 3.31. The lowest BCUT2D eigenvalue weighted by molar-refractivity contribution is -0.142. The number of ether oxygens (including phenoxy) is 1. The number of methoxy groups -OCH3 is 1. The molecule has 7 nitrogen and oxygen atoms in total. The Bertz CT molecular complexity index is 350. The van der Waals surface area contributed by atoms with Crippen LogP contribution in [0.3, 0.4) is 0 Å². The first kappa shape index (κ1) is 14.8. The summed E-state index contributed by atoms with van der Waals surface area (Å²) in [4.78, 5) is 21.8. The number of carboxylic acid groups (broad SMARTS) is 1. The van der Waals surface area contributed by atoms with Gasteiger partial charge in [-0.05, 0) is 0 Å². The Morgan fingerprint density at radius 3 is 2.38 bits per heavy atom. The number of carboxylic acids is 1. The fourth-order valence-corrected chi connectivity index (χ4v) is 1.53. The summed E-state index contributed by atoms with van der Waals surface area (Å²) in [5.41, 5.74) is 0. The van der Waals surface area contributed by atoms with Crippen LogP contribution in [0.1, 0.15) is 6.42 Å². The SMILES string of the molecule is COCCC(NC(=O)CS(C)(=O)=O)C(=O)O. The molecule has 1 atom stereocenters. The molecule has 0 spiro atoms. The summed E-state index contributed by atoms with van der Waals surface area (Å²) < 4.78 is 26.2. The molecule has 0 rings (SSSR count). The van der Waals surface area contributed by atoms with Crippen LogP contribution in [0.5, 0.6) is 0 Å². The number of hydrogen-bond donors (Lipinski definition) is 2. The zero-order valence-corrected chi connectivity index (χ0v) is 9.91. The highest BCUT2D eigenvalue weighted by atomic mass is 32.2. The minimum Gasteiger partial charge on any atom is -0.480 e. The van der Waals surface area contributed by atoms with E-state index in [4.69, 9.17) is 5.11 Å². The van der Waals surface area contributed by atoms with Gasteiger partial charge in [0.15, 0.2) is 9.84 Å². The van der Waals surface area contributed by atoms with E-state index in [9.17, 15) is 18.0 Å². The van der Waals surface area contributed by atoms with E-state index in [2.05, 4.69) is 10.1 Å². The van der Waals surface area contributed by atoms with E-state index < -0.39 is 33.5 Å². The van der Waals surface area contributed by atoms with Gasteiger partial charge in [0.25, 0.3) is 0 Å². The molecule has 1 unspecified atom stereocenters. The van der Waals surface area contributed by atoms with Crippen LogP contribution >= 0.6 is 0 Å². The minimum atomic E-state index is -3.45. The summed E-state index contributed by atoms with van der Waals surface area (Å²) in [6.45, 7) is 0.163. The van der Waals surface area contributed by atoms with Gasteiger partial charge in [0.2, 0.25) is 5.91 Å². The number of amides is 1. The Balaban J connectivity index is 4.29. The van der Waals surface area contributed by atoms with E-state index in [0.29, 0.717) is 0 Å². The van der Waals surface area contributed by atoms with Crippen LogP contribution in [0, 0.1) is 0 Å². The van der Waals surface area contributed by atoms with Crippen molar-refractivity contribution in [3.8, 4) is 0 Å². The molecule has 16 heavy (non-hydrogen) atoms. The van der Waals surface area contributed by atoms with Crippen LogP contribution in [0.4, 0.5) is 0 Å². The van der Waals surface area contributed by atoms with E-state index >= 15 is 0 Å². The van der Waals surface area contributed by atoms with Crippen molar-refractivity contribution in [2.45, 2.75) is 12.5 Å². The molecule has 0 aromatic carbocycles. The maximum absolute atomic E-state index is 11.1. The molecule has 8 heteroatoms. The van der Waals surface area contributed by atoms with Gasteiger partial charge in [0, 0.05) is 26.4 Å². The van der Waals surface area contributed by atoms with Gasteiger partial charge in [-0.3, -0.25) is 4.79 Å². The molecule has 0 radical (unpaired) electrons. The van der Waals surface area contributed by atoms with Gasteiger partial charge in [-0.1, -0.05) is 0 Å². The average molecular weight is 253 g/mol. The van der Waals surface area contributed by atoms with Crippen molar-refractivity contribution < 1.29 is 27.9 Å². The van der Waals surface area contributed by atoms with E-state index in [-0.39, 0.29) is 13.0 Å². The van der Waals surface area contributed by atoms with Gasteiger partial charge in [0.1, 0.15) is 11.8 Å². The van der Waals surface area contributed by atoms with E-state index in [1.54, 1.807) is 0 Å². The van der Waals surface area contributed by atoms with Crippen LogP contribution < -0.4 is 5.32 Å². The maximum atomic E-state index is 11.1.